The standard InChI is InChI=1S/C16H18N2O2/c1-4-12-10-13(5-6-15(12)20-3)16(19)18-14-7-8-17-11(2)9-14/h5-10H,4H2,1-3H3,(H,17,18,19). The van der Waals surface area contributed by atoms with Crippen molar-refractivity contribution in [1.82, 2.24) is 4.98 Å². The van der Waals surface area contributed by atoms with Gasteiger partial charge in [0.15, 0.2) is 0 Å². The summed E-state index contributed by atoms with van der Waals surface area (Å²) in [5.41, 5.74) is 3.26. The van der Waals surface area contributed by atoms with Crippen molar-refractivity contribution in [3.63, 3.8) is 0 Å². The number of nitrogens with zero attached hydrogens (tertiary/aromatic N) is 1. The molecule has 4 nitrogen and oxygen atoms in total. The first-order valence-electron chi connectivity index (χ1n) is 6.55. The molecular weight excluding hydrogens is 252 g/mol. The van der Waals surface area contributed by atoms with Gasteiger partial charge in [-0.3, -0.25) is 9.78 Å². The van der Waals surface area contributed by atoms with Gasteiger partial charge in [-0.25, -0.2) is 0 Å². The molecule has 1 amide bonds. The molecule has 1 heterocycles. The van der Waals surface area contributed by atoms with Crippen molar-refractivity contribution in [2.75, 3.05) is 12.4 Å². The molecule has 0 saturated carbocycles. The summed E-state index contributed by atoms with van der Waals surface area (Å²) >= 11 is 0. The number of anilines is 1. The van der Waals surface area contributed by atoms with Gasteiger partial charge < -0.3 is 10.1 Å². The van der Waals surface area contributed by atoms with Gasteiger partial charge in [0.05, 0.1) is 7.11 Å². The maximum Gasteiger partial charge on any atom is 0.255 e. The maximum absolute atomic E-state index is 12.2. The Kier molecular flexibility index (Phi) is 4.35. The lowest BCUT2D eigenvalue weighted by molar-refractivity contribution is 0.102. The van der Waals surface area contributed by atoms with Crippen LogP contribution < -0.4 is 10.1 Å². The number of hydrogen-bond donors (Lipinski definition) is 1. The highest BCUT2D eigenvalue weighted by molar-refractivity contribution is 6.04. The summed E-state index contributed by atoms with van der Waals surface area (Å²) in [5, 5.41) is 2.87. The summed E-state index contributed by atoms with van der Waals surface area (Å²) in [6.45, 7) is 3.92. The summed E-state index contributed by atoms with van der Waals surface area (Å²) < 4.78 is 5.26. The van der Waals surface area contributed by atoms with Crippen LogP contribution in [-0.2, 0) is 6.42 Å². The van der Waals surface area contributed by atoms with E-state index >= 15 is 0 Å². The molecule has 2 aromatic rings. The Labute approximate surface area is 118 Å². The monoisotopic (exact) mass is 270 g/mol. The van der Waals surface area contributed by atoms with Crippen LogP contribution in [0.25, 0.3) is 0 Å². The van der Waals surface area contributed by atoms with E-state index in [0.717, 1.165) is 29.1 Å². The van der Waals surface area contributed by atoms with Gasteiger partial charge in [0.2, 0.25) is 0 Å². The number of pyridine rings is 1. The lowest BCUT2D eigenvalue weighted by Crippen LogP contribution is -2.12. The Morgan fingerprint density at radius 3 is 2.75 bits per heavy atom. The Bertz CT molecular complexity index is 624. The molecule has 0 aliphatic carbocycles. The van der Waals surface area contributed by atoms with Crippen LogP contribution >= 0.6 is 0 Å². The van der Waals surface area contributed by atoms with Crippen LogP contribution in [0.1, 0.15) is 28.5 Å². The van der Waals surface area contributed by atoms with Gasteiger partial charge in [-0.15, -0.1) is 0 Å². The summed E-state index contributed by atoms with van der Waals surface area (Å²) in [7, 11) is 1.63. The number of ether oxygens (including phenoxy) is 1. The molecule has 1 aromatic heterocycles. The lowest BCUT2D eigenvalue weighted by atomic mass is 10.1. The van der Waals surface area contributed by atoms with E-state index in [1.807, 2.05) is 32.0 Å². The number of rotatable bonds is 4. The Hall–Kier alpha value is -2.36. The van der Waals surface area contributed by atoms with Crippen molar-refractivity contribution in [2.45, 2.75) is 20.3 Å². The van der Waals surface area contributed by atoms with E-state index in [2.05, 4.69) is 10.3 Å². The van der Waals surface area contributed by atoms with E-state index < -0.39 is 0 Å². The van der Waals surface area contributed by atoms with Gasteiger partial charge in [-0.2, -0.15) is 0 Å². The molecule has 2 rings (SSSR count). The van der Waals surface area contributed by atoms with Crippen molar-refractivity contribution in [3.05, 3.63) is 53.3 Å². The fraction of sp³-hybridized carbons (Fsp3) is 0.250. The molecule has 104 valence electrons. The second-order valence-electron chi connectivity index (χ2n) is 4.52. The third-order valence-corrected chi connectivity index (χ3v) is 3.08. The van der Waals surface area contributed by atoms with Crippen molar-refractivity contribution in [1.29, 1.82) is 0 Å². The highest BCUT2D eigenvalue weighted by Crippen LogP contribution is 2.21. The van der Waals surface area contributed by atoms with Gasteiger partial charge in [0.1, 0.15) is 5.75 Å². The van der Waals surface area contributed by atoms with E-state index in [-0.39, 0.29) is 5.91 Å². The molecule has 0 spiro atoms. The summed E-state index contributed by atoms with van der Waals surface area (Å²) in [4.78, 5) is 16.3. The summed E-state index contributed by atoms with van der Waals surface area (Å²) in [5.74, 6) is 0.678. The van der Waals surface area contributed by atoms with Crippen LogP contribution in [0.4, 0.5) is 5.69 Å². The smallest absolute Gasteiger partial charge is 0.255 e. The Balaban J connectivity index is 2.21. The van der Waals surface area contributed by atoms with Gasteiger partial charge in [-0.05, 0) is 49.2 Å². The quantitative estimate of drug-likeness (QED) is 0.928. The van der Waals surface area contributed by atoms with Crippen LogP contribution in [-0.4, -0.2) is 18.0 Å². The largest absolute Gasteiger partial charge is 0.496 e. The minimum atomic E-state index is -0.132. The van der Waals surface area contributed by atoms with Crippen molar-refractivity contribution >= 4 is 11.6 Å². The molecule has 1 N–H and O–H groups in total. The number of benzene rings is 1. The van der Waals surface area contributed by atoms with Crippen molar-refractivity contribution in [3.8, 4) is 5.75 Å². The fourth-order valence-corrected chi connectivity index (χ4v) is 2.02. The molecule has 0 bridgehead atoms. The molecule has 20 heavy (non-hydrogen) atoms. The second kappa shape index (κ2) is 6.19. The summed E-state index contributed by atoms with van der Waals surface area (Å²) in [6.07, 6.45) is 2.50. The van der Waals surface area contributed by atoms with Crippen LogP contribution in [0.3, 0.4) is 0 Å². The zero-order valence-corrected chi connectivity index (χ0v) is 11.9. The predicted octanol–water partition coefficient (Wildman–Crippen LogP) is 3.21. The average molecular weight is 270 g/mol. The van der Waals surface area contributed by atoms with E-state index in [1.54, 1.807) is 25.4 Å². The zero-order chi connectivity index (χ0) is 14.5. The first kappa shape index (κ1) is 14.1. The SMILES string of the molecule is CCc1cc(C(=O)Nc2ccnc(C)c2)ccc1OC. The second-order valence-corrected chi connectivity index (χ2v) is 4.52. The molecule has 4 heteroatoms. The maximum atomic E-state index is 12.2. The fourth-order valence-electron chi connectivity index (χ4n) is 2.02. The van der Waals surface area contributed by atoms with E-state index in [1.165, 1.54) is 0 Å². The molecule has 0 unspecified atom stereocenters. The number of carbonyl (C=O) groups excluding carboxylic acids is 1. The average Bonchev–Trinajstić information content (AvgIpc) is 2.46. The van der Waals surface area contributed by atoms with E-state index in [9.17, 15) is 4.79 Å². The highest BCUT2D eigenvalue weighted by atomic mass is 16.5. The first-order chi connectivity index (χ1) is 9.63. The third kappa shape index (κ3) is 3.15. The number of methoxy groups -OCH3 is 1. The third-order valence-electron chi connectivity index (χ3n) is 3.08. The normalized spacial score (nSPS) is 10.2. The number of carbonyl (C=O) groups is 1. The van der Waals surface area contributed by atoms with Gasteiger partial charge >= 0.3 is 0 Å². The van der Waals surface area contributed by atoms with Crippen LogP contribution in [0.2, 0.25) is 0 Å². The van der Waals surface area contributed by atoms with Gasteiger partial charge in [0, 0.05) is 23.1 Å². The number of nitrogens with one attached hydrogen (secondary N) is 1. The molecule has 0 aliphatic rings. The van der Waals surface area contributed by atoms with Crippen molar-refractivity contribution < 1.29 is 9.53 Å². The lowest BCUT2D eigenvalue weighted by Gasteiger charge is -2.10. The van der Waals surface area contributed by atoms with Gasteiger partial charge in [0.25, 0.3) is 5.91 Å². The van der Waals surface area contributed by atoms with Crippen LogP contribution in [0, 0.1) is 6.92 Å². The molecule has 0 saturated heterocycles. The number of amides is 1. The van der Waals surface area contributed by atoms with E-state index in [0.29, 0.717) is 5.56 Å². The van der Waals surface area contributed by atoms with Crippen LogP contribution in [0.15, 0.2) is 36.5 Å². The van der Waals surface area contributed by atoms with Crippen molar-refractivity contribution in [2.24, 2.45) is 0 Å². The molecule has 0 fully saturated rings. The van der Waals surface area contributed by atoms with Gasteiger partial charge in [-0.1, -0.05) is 6.92 Å². The topological polar surface area (TPSA) is 51.2 Å². The number of hydrogen-bond acceptors (Lipinski definition) is 3. The zero-order valence-electron chi connectivity index (χ0n) is 11.9. The number of aryl methyl sites for hydroxylation is 2. The Morgan fingerprint density at radius 2 is 2.10 bits per heavy atom. The van der Waals surface area contributed by atoms with E-state index in [4.69, 9.17) is 4.74 Å². The molecule has 0 aliphatic heterocycles. The first-order valence-corrected chi connectivity index (χ1v) is 6.55. The molecule has 1 aromatic carbocycles. The molecule has 0 atom stereocenters. The minimum absolute atomic E-state index is 0.132. The summed E-state index contributed by atoms with van der Waals surface area (Å²) in [6, 6.07) is 9.06. The Morgan fingerprint density at radius 1 is 1.30 bits per heavy atom. The number of aromatic nitrogens is 1. The predicted molar refractivity (Wildman–Crippen MR) is 79.3 cm³/mol. The molecular formula is C16H18N2O2. The van der Waals surface area contributed by atoms with Crippen LogP contribution in [0.5, 0.6) is 5.75 Å². The minimum Gasteiger partial charge on any atom is -0.496 e. The highest BCUT2D eigenvalue weighted by Gasteiger charge is 2.09. The molecule has 0 radical (unpaired) electrons.